The molecule has 1 nitrogen and oxygen atoms in total. The molecule has 218 valence electrons. The summed E-state index contributed by atoms with van der Waals surface area (Å²) in [6, 6.07) is 19.2. The number of rotatable bonds is 7. The van der Waals surface area contributed by atoms with Crippen LogP contribution in [0, 0.1) is 83.1 Å². The van der Waals surface area contributed by atoms with Gasteiger partial charge in [-0.3, -0.25) is 0 Å². The second kappa shape index (κ2) is 13.0. The maximum absolute atomic E-state index is 4.48. The standard InChI is InChI=1S/C39H49Ge2N/c1-14-35(40(36-27(6)15-23(2)16-28(36)7)37-29(8)17-24(3)18-30(37)9)42-41(38-31(10)19-25(4)20-32(38)11)39-33(12)21-26(5)22-34(39)13/h14-22,42H,1-13H3. The monoisotopic (exact) mass is 679 g/mol. The van der Waals surface area contributed by atoms with Crippen molar-refractivity contribution in [3.8, 4) is 0 Å². The molecule has 0 atom stereocenters. The Bertz CT molecular complexity index is 1480. The van der Waals surface area contributed by atoms with E-state index in [1.54, 1.807) is 17.6 Å². The Morgan fingerprint density at radius 3 is 0.905 bits per heavy atom. The summed E-state index contributed by atoms with van der Waals surface area (Å²) in [7, 11) is 0. The van der Waals surface area contributed by atoms with Crippen molar-refractivity contribution in [3.63, 3.8) is 0 Å². The summed E-state index contributed by atoms with van der Waals surface area (Å²) in [5.74, 6) is 0. The van der Waals surface area contributed by atoms with Gasteiger partial charge in [-0.1, -0.05) is 0 Å². The van der Waals surface area contributed by atoms with E-state index in [4.69, 9.17) is 0 Å². The van der Waals surface area contributed by atoms with Crippen LogP contribution in [0.3, 0.4) is 0 Å². The molecular formula is C39H49Ge2N. The average molecular weight is 677 g/mol. The third-order valence-corrected chi connectivity index (χ3v) is 23.5. The van der Waals surface area contributed by atoms with Gasteiger partial charge in [0.15, 0.2) is 0 Å². The third-order valence-electron chi connectivity index (χ3n) is 8.53. The molecule has 4 aromatic rings. The molecule has 0 bridgehead atoms. The fraction of sp³-hybridized carbons (Fsp3) is 0.333. The van der Waals surface area contributed by atoms with Crippen LogP contribution in [0.15, 0.2) is 59.1 Å². The van der Waals surface area contributed by atoms with Crippen molar-refractivity contribution < 1.29 is 0 Å². The van der Waals surface area contributed by atoms with Crippen LogP contribution >= 0.6 is 0 Å². The molecule has 1 N–H and O–H groups in total. The molecule has 4 rings (SSSR count). The number of hydrogen-bond donors (Lipinski definition) is 1. The predicted octanol–water partition coefficient (Wildman–Crippen LogP) is 6.84. The van der Waals surface area contributed by atoms with E-state index >= 15 is 0 Å². The molecule has 0 amide bonds. The van der Waals surface area contributed by atoms with E-state index in [1.165, 1.54) is 71.3 Å². The normalized spacial score (nSPS) is 12.0. The third kappa shape index (κ3) is 6.53. The molecule has 3 heteroatoms. The van der Waals surface area contributed by atoms with E-state index in [1.807, 2.05) is 0 Å². The second-order valence-corrected chi connectivity index (χ2v) is 21.7. The zero-order chi connectivity index (χ0) is 31.0. The molecule has 0 unspecified atom stereocenters. The van der Waals surface area contributed by atoms with Crippen LogP contribution in [0.1, 0.15) is 73.7 Å². The summed E-state index contributed by atoms with van der Waals surface area (Å²) in [5.41, 5.74) is 16.9. The Morgan fingerprint density at radius 1 is 0.429 bits per heavy atom. The first-order valence-corrected chi connectivity index (χ1v) is 21.5. The van der Waals surface area contributed by atoms with E-state index in [0.29, 0.717) is 0 Å². The Balaban J connectivity index is 2.04. The van der Waals surface area contributed by atoms with Gasteiger partial charge in [-0.05, 0) is 0 Å². The fourth-order valence-electron chi connectivity index (χ4n) is 7.36. The van der Waals surface area contributed by atoms with Crippen molar-refractivity contribution >= 4 is 46.5 Å². The number of allylic oxidation sites excluding steroid dienone is 1. The average Bonchev–Trinajstić information content (AvgIpc) is 2.83. The van der Waals surface area contributed by atoms with Gasteiger partial charge in [0, 0.05) is 0 Å². The number of benzene rings is 4. The summed E-state index contributed by atoms with van der Waals surface area (Å²) < 4.78 is 12.3. The van der Waals surface area contributed by atoms with Crippen LogP contribution in [0.4, 0.5) is 0 Å². The Morgan fingerprint density at radius 2 is 0.667 bits per heavy atom. The van der Waals surface area contributed by atoms with Crippen LogP contribution < -0.4 is 21.9 Å². The predicted molar refractivity (Wildman–Crippen MR) is 190 cm³/mol. The number of hydrogen-bond acceptors (Lipinski definition) is 1. The molecule has 0 fully saturated rings. The Labute approximate surface area is 265 Å². The van der Waals surface area contributed by atoms with E-state index in [-0.39, 0.29) is 0 Å². The maximum atomic E-state index is 4.48. The minimum absolute atomic E-state index is 1.35. The minimum atomic E-state index is -2.28. The van der Waals surface area contributed by atoms with E-state index in [9.17, 15) is 0 Å². The van der Waals surface area contributed by atoms with Crippen molar-refractivity contribution in [2.75, 3.05) is 0 Å². The second-order valence-electron chi connectivity index (χ2n) is 12.7. The van der Waals surface area contributed by atoms with Crippen molar-refractivity contribution in [1.29, 1.82) is 0 Å². The first-order valence-electron chi connectivity index (χ1n) is 15.2. The quantitative estimate of drug-likeness (QED) is 0.212. The Hall–Kier alpha value is -2.49. The molecule has 0 saturated carbocycles. The number of nitrogens with one attached hydrogen (secondary N) is 1. The fourth-order valence-corrected chi connectivity index (χ4v) is 22.4. The van der Waals surface area contributed by atoms with E-state index < -0.39 is 28.9 Å². The summed E-state index contributed by atoms with van der Waals surface area (Å²) in [6.45, 7) is 29.9. The van der Waals surface area contributed by atoms with Crippen molar-refractivity contribution in [1.82, 2.24) is 4.27 Å². The molecular weight excluding hydrogens is 628 g/mol. The molecule has 0 aliphatic carbocycles. The molecule has 0 spiro atoms. The van der Waals surface area contributed by atoms with Gasteiger partial charge >= 0.3 is 267 Å². The van der Waals surface area contributed by atoms with E-state index in [2.05, 4.69) is 149 Å². The van der Waals surface area contributed by atoms with Crippen molar-refractivity contribution in [2.24, 2.45) is 0 Å². The number of aryl methyl sites for hydroxylation is 12. The molecule has 0 heterocycles. The van der Waals surface area contributed by atoms with Gasteiger partial charge in [0.2, 0.25) is 0 Å². The van der Waals surface area contributed by atoms with Crippen molar-refractivity contribution in [2.45, 2.75) is 90.0 Å². The summed E-state index contributed by atoms with van der Waals surface area (Å²) >= 11 is -4.53. The van der Waals surface area contributed by atoms with Gasteiger partial charge in [0.05, 0.1) is 0 Å². The zero-order valence-electron chi connectivity index (χ0n) is 28.2. The Kier molecular flexibility index (Phi) is 10.0. The first-order chi connectivity index (χ1) is 19.7. The van der Waals surface area contributed by atoms with Gasteiger partial charge in [-0.15, -0.1) is 0 Å². The summed E-state index contributed by atoms with van der Waals surface area (Å²) in [6.07, 6.45) is 2.44. The molecule has 0 aliphatic rings. The molecule has 0 aromatic heterocycles. The van der Waals surface area contributed by atoms with Gasteiger partial charge in [-0.25, -0.2) is 0 Å². The molecule has 2 radical (unpaired) electrons. The van der Waals surface area contributed by atoms with Crippen LogP contribution in [0.2, 0.25) is 0 Å². The summed E-state index contributed by atoms with van der Waals surface area (Å²) in [4.78, 5) is 0. The van der Waals surface area contributed by atoms with Gasteiger partial charge < -0.3 is 0 Å². The van der Waals surface area contributed by atoms with Crippen molar-refractivity contribution in [3.05, 3.63) is 126 Å². The SMILES string of the molecule is CC=[C]([NH][Ge]([c]1c(C)cc(C)cc1C)[c]1c(C)cc(C)cc1C)[Ge]([c]1c(C)cc(C)cc1C)[c]1c(C)cc(C)cc1C. The van der Waals surface area contributed by atoms with E-state index in [0.717, 1.165) is 0 Å². The summed E-state index contributed by atoms with van der Waals surface area (Å²) in [5, 5.41) is 0. The first kappa shape index (κ1) is 32.4. The van der Waals surface area contributed by atoms with Crippen LogP contribution in [-0.2, 0) is 0 Å². The van der Waals surface area contributed by atoms with Crippen LogP contribution in [-0.4, -0.2) is 28.9 Å². The van der Waals surface area contributed by atoms with Gasteiger partial charge in [0.25, 0.3) is 0 Å². The molecule has 42 heavy (non-hydrogen) atoms. The van der Waals surface area contributed by atoms with Gasteiger partial charge in [-0.2, -0.15) is 0 Å². The molecule has 0 aliphatic heterocycles. The van der Waals surface area contributed by atoms with Crippen LogP contribution in [0.25, 0.3) is 0 Å². The van der Waals surface area contributed by atoms with Gasteiger partial charge in [0.1, 0.15) is 0 Å². The van der Waals surface area contributed by atoms with Crippen LogP contribution in [0.5, 0.6) is 0 Å². The topological polar surface area (TPSA) is 12.0 Å². The zero-order valence-corrected chi connectivity index (χ0v) is 32.4. The molecule has 4 aromatic carbocycles. The molecule has 0 saturated heterocycles.